The highest BCUT2D eigenvalue weighted by Gasteiger charge is 2.38. The lowest BCUT2D eigenvalue weighted by Crippen LogP contribution is -2.24. The molecule has 0 bridgehead atoms. The summed E-state index contributed by atoms with van der Waals surface area (Å²) in [7, 11) is 0. The zero-order valence-corrected chi connectivity index (χ0v) is 12.4. The van der Waals surface area contributed by atoms with E-state index < -0.39 is 5.97 Å². The quantitative estimate of drug-likeness (QED) is 0.824. The van der Waals surface area contributed by atoms with Crippen molar-refractivity contribution in [2.45, 2.75) is 45.4 Å². The maximum Gasteiger partial charge on any atom is 0.303 e. The minimum Gasteiger partial charge on any atom is -0.481 e. The molecule has 104 valence electrons. The monoisotopic (exact) mass is 300 g/mol. The molecule has 2 rings (SSSR count). The maximum absolute atomic E-state index is 12.3. The number of carboxylic acids is 1. The Morgan fingerprint density at radius 1 is 1.37 bits per heavy atom. The molecule has 0 spiro atoms. The summed E-state index contributed by atoms with van der Waals surface area (Å²) in [6, 6.07) is 1.80. The summed E-state index contributed by atoms with van der Waals surface area (Å²) >= 11 is 7.27. The zero-order chi connectivity index (χ0) is 14.0. The molecule has 1 aromatic rings. The van der Waals surface area contributed by atoms with Crippen LogP contribution in [-0.4, -0.2) is 16.9 Å². The lowest BCUT2D eigenvalue weighted by atomic mass is 9.78. The van der Waals surface area contributed by atoms with E-state index in [1.54, 1.807) is 6.07 Å². The highest BCUT2D eigenvalue weighted by atomic mass is 35.5. The van der Waals surface area contributed by atoms with Gasteiger partial charge in [-0.1, -0.05) is 24.4 Å². The number of carboxylic acid groups (broad SMARTS) is 1. The lowest BCUT2D eigenvalue weighted by molar-refractivity contribution is -0.139. The number of hydrogen-bond acceptors (Lipinski definition) is 3. The summed E-state index contributed by atoms with van der Waals surface area (Å²) < 4.78 is 0.641. The average Bonchev–Trinajstić information content (AvgIpc) is 2.87. The first-order chi connectivity index (χ1) is 8.92. The van der Waals surface area contributed by atoms with Gasteiger partial charge in [-0.3, -0.25) is 9.59 Å². The fraction of sp³-hybridized carbons (Fsp3) is 0.571. The van der Waals surface area contributed by atoms with Crippen LogP contribution < -0.4 is 0 Å². The number of carbonyl (C=O) groups is 2. The van der Waals surface area contributed by atoms with Gasteiger partial charge in [-0.05, 0) is 36.8 Å². The maximum atomic E-state index is 12.3. The van der Waals surface area contributed by atoms with Gasteiger partial charge in [0.2, 0.25) is 0 Å². The minimum absolute atomic E-state index is 0.0307. The van der Waals surface area contributed by atoms with Crippen molar-refractivity contribution in [2.75, 3.05) is 0 Å². The second-order valence-corrected chi connectivity index (χ2v) is 7.10. The number of aliphatic carboxylic acids is 1. The SMILES string of the molecule is Cc1cc(C(=O)CC2(CC(=O)O)CCCC2)sc1Cl. The predicted octanol–water partition coefficient (Wildman–Crippen LogP) is 4.32. The Morgan fingerprint density at radius 3 is 2.47 bits per heavy atom. The normalized spacial score (nSPS) is 17.6. The number of halogens is 1. The van der Waals surface area contributed by atoms with E-state index in [4.69, 9.17) is 16.7 Å². The molecule has 0 aliphatic heterocycles. The smallest absolute Gasteiger partial charge is 0.303 e. The van der Waals surface area contributed by atoms with Crippen LogP contribution in [0.15, 0.2) is 6.07 Å². The van der Waals surface area contributed by atoms with Crippen LogP contribution >= 0.6 is 22.9 Å². The van der Waals surface area contributed by atoms with Crippen molar-refractivity contribution in [3.05, 3.63) is 20.8 Å². The van der Waals surface area contributed by atoms with Crippen molar-refractivity contribution in [3.63, 3.8) is 0 Å². The Balaban J connectivity index is 2.13. The second-order valence-electron chi connectivity index (χ2n) is 5.44. The molecule has 1 aliphatic rings. The molecule has 1 saturated carbocycles. The summed E-state index contributed by atoms with van der Waals surface area (Å²) in [5, 5.41) is 9.04. The zero-order valence-electron chi connectivity index (χ0n) is 10.9. The first-order valence-electron chi connectivity index (χ1n) is 6.43. The van der Waals surface area contributed by atoms with Gasteiger partial charge in [0.15, 0.2) is 5.78 Å². The van der Waals surface area contributed by atoms with Gasteiger partial charge < -0.3 is 5.11 Å². The van der Waals surface area contributed by atoms with E-state index in [0.717, 1.165) is 31.2 Å². The van der Waals surface area contributed by atoms with Crippen molar-refractivity contribution >= 4 is 34.7 Å². The number of rotatable bonds is 5. The number of hydrogen-bond donors (Lipinski definition) is 1. The molecule has 1 aromatic heterocycles. The molecule has 3 nitrogen and oxygen atoms in total. The second kappa shape index (κ2) is 5.63. The van der Waals surface area contributed by atoms with Gasteiger partial charge in [0.25, 0.3) is 0 Å². The number of aryl methyl sites for hydroxylation is 1. The predicted molar refractivity (Wildman–Crippen MR) is 76.2 cm³/mol. The van der Waals surface area contributed by atoms with E-state index in [2.05, 4.69) is 0 Å². The Hall–Kier alpha value is -0.870. The average molecular weight is 301 g/mol. The Morgan fingerprint density at radius 2 is 2.00 bits per heavy atom. The molecule has 5 heteroatoms. The molecular weight excluding hydrogens is 284 g/mol. The molecule has 1 fully saturated rings. The van der Waals surface area contributed by atoms with Crippen LogP contribution in [0, 0.1) is 12.3 Å². The summed E-state index contributed by atoms with van der Waals surface area (Å²) in [6.45, 7) is 1.87. The van der Waals surface area contributed by atoms with Crippen LogP contribution in [0.4, 0.5) is 0 Å². The standard InChI is InChI=1S/C14H17ClO3S/c1-9-6-11(19-13(9)15)10(16)7-14(8-12(17)18)4-2-3-5-14/h6H,2-5,7-8H2,1H3,(H,17,18). The molecule has 0 aromatic carbocycles. The van der Waals surface area contributed by atoms with Crippen molar-refractivity contribution < 1.29 is 14.7 Å². The lowest BCUT2D eigenvalue weighted by Gasteiger charge is -2.25. The molecular formula is C14H17ClO3S. The van der Waals surface area contributed by atoms with E-state index in [-0.39, 0.29) is 17.6 Å². The molecule has 0 radical (unpaired) electrons. The van der Waals surface area contributed by atoms with Gasteiger partial charge in [-0.25, -0.2) is 0 Å². The van der Waals surface area contributed by atoms with Gasteiger partial charge in [-0.2, -0.15) is 0 Å². The summed E-state index contributed by atoms with van der Waals surface area (Å²) in [5.41, 5.74) is 0.571. The van der Waals surface area contributed by atoms with Crippen molar-refractivity contribution in [3.8, 4) is 0 Å². The van der Waals surface area contributed by atoms with Gasteiger partial charge >= 0.3 is 5.97 Å². The molecule has 0 amide bonds. The van der Waals surface area contributed by atoms with Crippen molar-refractivity contribution in [2.24, 2.45) is 5.41 Å². The molecule has 0 atom stereocenters. The third kappa shape index (κ3) is 3.37. The van der Waals surface area contributed by atoms with E-state index in [1.165, 1.54) is 11.3 Å². The van der Waals surface area contributed by atoms with Crippen LogP contribution in [0.2, 0.25) is 4.34 Å². The first kappa shape index (κ1) is 14.5. The number of ketones is 1. The van der Waals surface area contributed by atoms with E-state index >= 15 is 0 Å². The molecule has 1 aliphatic carbocycles. The largest absolute Gasteiger partial charge is 0.481 e. The van der Waals surface area contributed by atoms with Gasteiger partial charge in [0, 0.05) is 6.42 Å². The van der Waals surface area contributed by atoms with E-state index in [1.807, 2.05) is 6.92 Å². The Bertz CT molecular complexity index is 481. The minimum atomic E-state index is -0.810. The third-order valence-corrected chi connectivity index (χ3v) is 5.45. The van der Waals surface area contributed by atoms with Gasteiger partial charge in [0.1, 0.15) is 0 Å². The number of Topliss-reactive ketones (excluding diaryl/α,β-unsaturated/α-hetero) is 1. The molecule has 19 heavy (non-hydrogen) atoms. The van der Waals surface area contributed by atoms with Crippen molar-refractivity contribution in [1.82, 2.24) is 0 Å². The Labute approximate surface area is 121 Å². The fourth-order valence-electron chi connectivity index (χ4n) is 2.89. The van der Waals surface area contributed by atoms with E-state index in [0.29, 0.717) is 15.6 Å². The summed E-state index contributed by atoms with van der Waals surface area (Å²) in [5.74, 6) is -0.779. The molecule has 0 saturated heterocycles. The van der Waals surface area contributed by atoms with Crippen LogP contribution in [0.1, 0.15) is 53.8 Å². The third-order valence-electron chi connectivity index (χ3n) is 3.86. The highest BCUT2D eigenvalue weighted by Crippen LogP contribution is 2.45. The van der Waals surface area contributed by atoms with Gasteiger partial charge in [-0.15, -0.1) is 11.3 Å². The number of carbonyl (C=O) groups excluding carboxylic acids is 1. The van der Waals surface area contributed by atoms with Crippen LogP contribution in [0.25, 0.3) is 0 Å². The van der Waals surface area contributed by atoms with E-state index in [9.17, 15) is 9.59 Å². The number of thiophene rings is 1. The first-order valence-corrected chi connectivity index (χ1v) is 7.62. The van der Waals surface area contributed by atoms with Crippen LogP contribution in [0.3, 0.4) is 0 Å². The van der Waals surface area contributed by atoms with Crippen LogP contribution in [-0.2, 0) is 4.79 Å². The topological polar surface area (TPSA) is 54.4 Å². The van der Waals surface area contributed by atoms with Crippen LogP contribution in [0.5, 0.6) is 0 Å². The Kier molecular flexibility index (Phi) is 4.31. The molecule has 1 N–H and O–H groups in total. The highest BCUT2D eigenvalue weighted by molar-refractivity contribution is 7.18. The summed E-state index contributed by atoms with van der Waals surface area (Å²) in [4.78, 5) is 24.0. The fourth-order valence-corrected chi connectivity index (χ4v) is 4.03. The molecule has 0 unspecified atom stereocenters. The summed E-state index contributed by atoms with van der Waals surface area (Å²) in [6.07, 6.45) is 4.13. The molecule has 1 heterocycles. The van der Waals surface area contributed by atoms with Gasteiger partial charge in [0.05, 0.1) is 15.6 Å². The van der Waals surface area contributed by atoms with Crippen molar-refractivity contribution in [1.29, 1.82) is 0 Å².